The molecule has 4 aromatic rings. The van der Waals surface area contributed by atoms with E-state index in [1.54, 1.807) is 22.3 Å². The lowest BCUT2D eigenvalue weighted by Crippen LogP contribution is -2.55. The summed E-state index contributed by atoms with van der Waals surface area (Å²) in [4.78, 5) is 10.6. The molecule has 2 aliphatic rings. The minimum absolute atomic E-state index is 0.0527. The molecule has 174 valence electrons. The molecular weight excluding hydrogens is 432 g/mol. The number of nitrogen functional groups attached to an aromatic ring is 1. The van der Waals surface area contributed by atoms with Gasteiger partial charge in [-0.2, -0.15) is 10.1 Å². The number of rotatable bonds is 3. The number of nitrogens with two attached hydrogens (primary N) is 1. The highest BCUT2D eigenvalue weighted by Gasteiger charge is 2.39. The Morgan fingerprint density at radius 3 is 2.70 bits per heavy atom. The first-order valence-electron chi connectivity index (χ1n) is 10.8. The summed E-state index contributed by atoms with van der Waals surface area (Å²) >= 11 is 0. The van der Waals surface area contributed by atoms with E-state index < -0.39 is 5.92 Å². The maximum atomic E-state index is 12.9. The lowest BCUT2D eigenvalue weighted by Gasteiger charge is -2.41. The molecular formula is C21H25F2N9O. The summed E-state index contributed by atoms with van der Waals surface area (Å²) in [7, 11) is 1.75. The number of halogens is 2. The van der Waals surface area contributed by atoms with Gasteiger partial charge in [0.1, 0.15) is 5.52 Å². The predicted octanol–water partition coefficient (Wildman–Crippen LogP) is 2.18. The van der Waals surface area contributed by atoms with Gasteiger partial charge in [-0.05, 0) is 25.1 Å². The Kier molecular flexibility index (Phi) is 5.54. The topological polar surface area (TPSA) is 111 Å². The van der Waals surface area contributed by atoms with Crippen molar-refractivity contribution < 1.29 is 13.5 Å². The number of likely N-dealkylation sites (tertiary alicyclic amines) is 1. The second-order valence-electron chi connectivity index (χ2n) is 8.16. The first-order valence-corrected chi connectivity index (χ1v) is 10.8. The summed E-state index contributed by atoms with van der Waals surface area (Å²) in [5.74, 6) is -1.58. The SMILES string of the molecule is CNc1nc(N)c2c(-c3ccn4nccc4n3)ccn2n1.FC1(F)CCCN(C2COC2)C1. The third-order valence-corrected chi connectivity index (χ3v) is 5.85. The number of anilines is 2. The summed E-state index contributed by atoms with van der Waals surface area (Å²) in [6.07, 6.45) is 6.08. The summed E-state index contributed by atoms with van der Waals surface area (Å²) in [5.41, 5.74) is 9.26. The van der Waals surface area contributed by atoms with Crippen LogP contribution in [0, 0.1) is 0 Å². The van der Waals surface area contributed by atoms with Gasteiger partial charge in [0.15, 0.2) is 11.5 Å². The summed E-state index contributed by atoms with van der Waals surface area (Å²) < 4.78 is 34.2. The molecule has 2 aliphatic heterocycles. The van der Waals surface area contributed by atoms with E-state index in [-0.39, 0.29) is 19.0 Å². The summed E-state index contributed by atoms with van der Waals surface area (Å²) in [6, 6.07) is 5.92. The fourth-order valence-corrected chi connectivity index (χ4v) is 4.07. The molecule has 0 radical (unpaired) electrons. The average molecular weight is 457 g/mol. The third kappa shape index (κ3) is 4.31. The highest BCUT2D eigenvalue weighted by atomic mass is 19.3. The van der Waals surface area contributed by atoms with Crippen LogP contribution in [-0.2, 0) is 4.74 Å². The number of hydrogen-bond acceptors (Lipinski definition) is 8. The van der Waals surface area contributed by atoms with E-state index >= 15 is 0 Å². The van der Waals surface area contributed by atoms with E-state index in [2.05, 4.69) is 25.5 Å². The zero-order chi connectivity index (χ0) is 23.0. The Morgan fingerprint density at radius 2 is 1.97 bits per heavy atom. The molecule has 0 amide bonds. The maximum absolute atomic E-state index is 12.9. The van der Waals surface area contributed by atoms with Gasteiger partial charge in [0, 0.05) is 37.5 Å². The smallest absolute Gasteiger partial charge is 0.260 e. The van der Waals surface area contributed by atoms with E-state index in [9.17, 15) is 8.78 Å². The van der Waals surface area contributed by atoms with Crippen molar-refractivity contribution in [2.24, 2.45) is 0 Å². The van der Waals surface area contributed by atoms with E-state index in [0.717, 1.165) is 29.0 Å². The number of nitrogens with one attached hydrogen (secondary N) is 1. The highest BCUT2D eigenvalue weighted by Crippen LogP contribution is 2.29. The van der Waals surface area contributed by atoms with Crippen molar-refractivity contribution >= 4 is 22.9 Å². The maximum Gasteiger partial charge on any atom is 0.260 e. The Bertz CT molecular complexity index is 1270. The molecule has 0 spiro atoms. The van der Waals surface area contributed by atoms with E-state index in [0.29, 0.717) is 31.4 Å². The number of alkyl halides is 2. The van der Waals surface area contributed by atoms with Crippen molar-refractivity contribution in [1.29, 1.82) is 0 Å². The first-order chi connectivity index (χ1) is 15.9. The van der Waals surface area contributed by atoms with Crippen LogP contribution in [0.15, 0.2) is 36.8 Å². The highest BCUT2D eigenvalue weighted by molar-refractivity contribution is 5.86. The van der Waals surface area contributed by atoms with Crippen molar-refractivity contribution in [3.05, 3.63) is 36.8 Å². The molecule has 2 saturated heterocycles. The van der Waals surface area contributed by atoms with Crippen LogP contribution in [-0.4, -0.2) is 79.4 Å². The Balaban J connectivity index is 0.000000162. The second-order valence-corrected chi connectivity index (χ2v) is 8.16. The van der Waals surface area contributed by atoms with Gasteiger partial charge in [0.2, 0.25) is 5.95 Å². The van der Waals surface area contributed by atoms with Crippen LogP contribution in [0.4, 0.5) is 20.5 Å². The minimum atomic E-state index is -2.46. The molecule has 4 aromatic heterocycles. The van der Waals surface area contributed by atoms with Crippen LogP contribution in [0.2, 0.25) is 0 Å². The van der Waals surface area contributed by atoms with Crippen molar-refractivity contribution in [3.63, 3.8) is 0 Å². The zero-order valence-corrected chi connectivity index (χ0v) is 18.2. The van der Waals surface area contributed by atoms with E-state index in [1.807, 2.05) is 35.5 Å². The fraction of sp³-hybridized carbons (Fsp3) is 0.429. The van der Waals surface area contributed by atoms with Crippen LogP contribution in [0.5, 0.6) is 0 Å². The monoisotopic (exact) mass is 457 g/mol. The van der Waals surface area contributed by atoms with Gasteiger partial charge in [-0.1, -0.05) is 0 Å². The quantitative estimate of drug-likeness (QED) is 0.482. The van der Waals surface area contributed by atoms with Crippen molar-refractivity contribution in [2.45, 2.75) is 24.8 Å². The molecule has 0 aliphatic carbocycles. The summed E-state index contributed by atoms with van der Waals surface area (Å²) in [5, 5.41) is 11.3. The molecule has 3 N–H and O–H groups in total. The fourth-order valence-electron chi connectivity index (χ4n) is 4.07. The second kappa shape index (κ2) is 8.52. The van der Waals surface area contributed by atoms with Crippen molar-refractivity contribution in [2.75, 3.05) is 44.4 Å². The van der Waals surface area contributed by atoms with Crippen LogP contribution < -0.4 is 11.1 Å². The number of fused-ring (bicyclic) bond motifs is 2. The number of nitrogens with zero attached hydrogens (tertiary/aromatic N) is 7. The van der Waals surface area contributed by atoms with Gasteiger partial charge in [0.25, 0.3) is 5.92 Å². The van der Waals surface area contributed by atoms with Crippen molar-refractivity contribution in [1.82, 2.24) is 34.1 Å². The van der Waals surface area contributed by atoms with Gasteiger partial charge in [0.05, 0.1) is 37.7 Å². The number of piperidine rings is 1. The van der Waals surface area contributed by atoms with E-state index in [1.165, 1.54) is 0 Å². The van der Waals surface area contributed by atoms with Gasteiger partial charge in [-0.15, -0.1) is 5.10 Å². The van der Waals surface area contributed by atoms with E-state index in [4.69, 9.17) is 10.5 Å². The minimum Gasteiger partial charge on any atom is -0.382 e. The molecule has 33 heavy (non-hydrogen) atoms. The molecule has 2 fully saturated rings. The normalized spacial score (nSPS) is 18.6. The lowest BCUT2D eigenvalue weighted by molar-refractivity contribution is -0.126. The predicted molar refractivity (Wildman–Crippen MR) is 119 cm³/mol. The van der Waals surface area contributed by atoms with Gasteiger partial charge < -0.3 is 15.8 Å². The molecule has 10 nitrogen and oxygen atoms in total. The number of aromatic nitrogens is 6. The lowest BCUT2D eigenvalue weighted by atomic mass is 10.0. The van der Waals surface area contributed by atoms with Crippen LogP contribution in [0.25, 0.3) is 22.4 Å². The Hall–Kier alpha value is -3.38. The van der Waals surface area contributed by atoms with Gasteiger partial charge >= 0.3 is 0 Å². The Labute approximate surface area is 188 Å². The average Bonchev–Trinajstić information content (AvgIpc) is 3.38. The molecule has 0 bridgehead atoms. The van der Waals surface area contributed by atoms with Crippen molar-refractivity contribution in [3.8, 4) is 11.3 Å². The largest absolute Gasteiger partial charge is 0.382 e. The molecule has 0 unspecified atom stereocenters. The van der Waals surface area contributed by atoms with Gasteiger partial charge in [-0.25, -0.2) is 22.8 Å². The Morgan fingerprint density at radius 1 is 1.15 bits per heavy atom. The molecule has 12 heteroatoms. The standard InChI is InChI=1S/C13H12N8.C8H13F2NO/c1-15-13-18-12(14)11-8(3-6-21(11)19-13)9-4-7-20-10(17-9)2-5-16-20;9-8(10)2-1-3-11(6-8)7-4-12-5-7/h2-7H,1H3,(H3,14,15,18,19);7H,1-6H2. The number of ether oxygens (including phenoxy) is 1. The zero-order valence-electron chi connectivity index (χ0n) is 18.2. The first kappa shape index (κ1) is 21.5. The summed E-state index contributed by atoms with van der Waals surface area (Å²) in [6.45, 7) is 2.01. The van der Waals surface area contributed by atoms with Crippen LogP contribution in [0.1, 0.15) is 12.8 Å². The molecule has 6 heterocycles. The van der Waals surface area contributed by atoms with Crippen LogP contribution >= 0.6 is 0 Å². The van der Waals surface area contributed by atoms with Gasteiger partial charge in [-0.3, -0.25) is 4.90 Å². The van der Waals surface area contributed by atoms with Crippen LogP contribution in [0.3, 0.4) is 0 Å². The molecule has 0 saturated carbocycles. The third-order valence-electron chi connectivity index (χ3n) is 5.85. The molecule has 6 rings (SSSR count). The number of hydrogen-bond donors (Lipinski definition) is 2. The molecule has 0 atom stereocenters. The molecule has 0 aromatic carbocycles.